The first-order valence-corrected chi connectivity index (χ1v) is 8.95. The van der Waals surface area contributed by atoms with Gasteiger partial charge >= 0.3 is 0 Å². The van der Waals surface area contributed by atoms with Crippen LogP contribution in [0.3, 0.4) is 0 Å². The van der Waals surface area contributed by atoms with Gasteiger partial charge in [0.1, 0.15) is 0 Å². The number of nitrogens with two attached hydrogens (primary N) is 1. The monoisotopic (exact) mass is 365 g/mol. The van der Waals surface area contributed by atoms with E-state index in [4.69, 9.17) is 5.73 Å². The molecule has 0 bridgehead atoms. The zero-order valence-electron chi connectivity index (χ0n) is 14.8. The molecule has 5 nitrogen and oxygen atoms in total. The van der Waals surface area contributed by atoms with Crippen LogP contribution in [0.1, 0.15) is 41.6 Å². The summed E-state index contributed by atoms with van der Waals surface area (Å²) in [6.07, 6.45) is 3.52. The van der Waals surface area contributed by atoms with Crippen LogP contribution in [0, 0.1) is 12.8 Å². The molecule has 1 aromatic carbocycles. The van der Waals surface area contributed by atoms with Gasteiger partial charge < -0.3 is 15.5 Å². The third-order valence-electron chi connectivity index (χ3n) is 5.21. The first-order valence-electron chi connectivity index (χ1n) is 8.95. The predicted octanol–water partition coefficient (Wildman–Crippen LogP) is 2.22. The molecule has 2 N–H and O–H groups in total. The topological polar surface area (TPSA) is 66.6 Å². The minimum atomic E-state index is -0.0672. The van der Waals surface area contributed by atoms with E-state index in [1.54, 1.807) is 0 Å². The van der Waals surface area contributed by atoms with E-state index in [9.17, 15) is 9.59 Å². The molecule has 2 amide bonds. The van der Waals surface area contributed by atoms with Crippen molar-refractivity contribution < 1.29 is 9.59 Å². The van der Waals surface area contributed by atoms with Gasteiger partial charge in [-0.25, -0.2) is 0 Å². The lowest BCUT2D eigenvalue weighted by Gasteiger charge is -2.37. The average Bonchev–Trinajstić information content (AvgIpc) is 2.62. The summed E-state index contributed by atoms with van der Waals surface area (Å²) in [6.45, 7) is 4.79. The van der Waals surface area contributed by atoms with Crippen molar-refractivity contribution in [2.75, 3.05) is 26.2 Å². The summed E-state index contributed by atoms with van der Waals surface area (Å²) in [5, 5.41) is 0. The standard InChI is InChI=1S/C19H27N3O2.ClH/c1-14-4-6-15(7-5-14)18(23)22-10-2-3-16(13-22)19(24)21-11-8-17(20)9-12-21;/h4-7,16-17H,2-3,8-13,20H2,1H3;1H. The lowest BCUT2D eigenvalue weighted by Crippen LogP contribution is -2.50. The van der Waals surface area contributed by atoms with E-state index in [1.807, 2.05) is 41.0 Å². The zero-order chi connectivity index (χ0) is 17.1. The Labute approximate surface area is 155 Å². The molecular formula is C19H28ClN3O2. The second-order valence-electron chi connectivity index (χ2n) is 7.12. The number of amides is 2. The minimum Gasteiger partial charge on any atom is -0.342 e. The van der Waals surface area contributed by atoms with Crippen molar-refractivity contribution in [3.8, 4) is 0 Å². The van der Waals surface area contributed by atoms with Gasteiger partial charge in [0, 0.05) is 37.8 Å². The number of hydrogen-bond acceptors (Lipinski definition) is 3. The Balaban J connectivity index is 0.00000225. The molecule has 3 rings (SSSR count). The normalized spacial score (nSPS) is 21.6. The van der Waals surface area contributed by atoms with Gasteiger partial charge in [-0.1, -0.05) is 17.7 Å². The molecule has 2 aliphatic rings. The van der Waals surface area contributed by atoms with Gasteiger partial charge in [0.2, 0.25) is 5.91 Å². The van der Waals surface area contributed by atoms with Gasteiger partial charge in [0.05, 0.1) is 5.92 Å². The Morgan fingerprint density at radius 1 is 1.00 bits per heavy atom. The summed E-state index contributed by atoms with van der Waals surface area (Å²) in [7, 11) is 0. The van der Waals surface area contributed by atoms with E-state index in [0.29, 0.717) is 12.1 Å². The Hall–Kier alpha value is -1.59. The number of rotatable bonds is 2. The van der Waals surface area contributed by atoms with E-state index in [0.717, 1.165) is 50.9 Å². The molecule has 2 heterocycles. The second kappa shape index (κ2) is 8.68. The maximum Gasteiger partial charge on any atom is 0.253 e. The molecule has 25 heavy (non-hydrogen) atoms. The molecule has 0 saturated carbocycles. The van der Waals surface area contributed by atoms with Crippen molar-refractivity contribution >= 4 is 24.2 Å². The third-order valence-corrected chi connectivity index (χ3v) is 5.21. The molecule has 1 unspecified atom stereocenters. The number of nitrogens with zero attached hydrogens (tertiary/aromatic N) is 2. The van der Waals surface area contributed by atoms with Crippen molar-refractivity contribution in [2.45, 2.75) is 38.6 Å². The molecule has 1 aromatic rings. The molecule has 0 spiro atoms. The summed E-state index contributed by atoms with van der Waals surface area (Å²) < 4.78 is 0. The third kappa shape index (κ3) is 4.73. The van der Waals surface area contributed by atoms with E-state index < -0.39 is 0 Å². The molecule has 2 saturated heterocycles. The van der Waals surface area contributed by atoms with E-state index >= 15 is 0 Å². The molecule has 0 radical (unpaired) electrons. The fraction of sp³-hybridized carbons (Fsp3) is 0.579. The first kappa shape index (κ1) is 19.7. The van der Waals surface area contributed by atoms with Gasteiger partial charge in [-0.15, -0.1) is 12.4 Å². The Morgan fingerprint density at radius 3 is 2.28 bits per heavy atom. The SMILES string of the molecule is Cc1ccc(C(=O)N2CCCC(C(=O)N3CCC(N)CC3)C2)cc1.Cl. The average molecular weight is 366 g/mol. The number of likely N-dealkylation sites (tertiary alicyclic amines) is 2. The van der Waals surface area contributed by atoms with Crippen LogP contribution >= 0.6 is 12.4 Å². The number of halogens is 1. The number of carbonyl (C=O) groups is 2. The lowest BCUT2D eigenvalue weighted by atomic mass is 9.94. The fourth-order valence-corrected chi connectivity index (χ4v) is 3.62. The molecule has 138 valence electrons. The Morgan fingerprint density at radius 2 is 1.64 bits per heavy atom. The maximum atomic E-state index is 12.8. The number of aryl methyl sites for hydroxylation is 1. The molecule has 2 aliphatic heterocycles. The van der Waals surface area contributed by atoms with Gasteiger partial charge in [0.25, 0.3) is 5.91 Å². The highest BCUT2D eigenvalue weighted by molar-refractivity contribution is 5.94. The number of hydrogen-bond donors (Lipinski definition) is 1. The van der Waals surface area contributed by atoms with Crippen LogP contribution in [-0.2, 0) is 4.79 Å². The van der Waals surface area contributed by atoms with Crippen LogP contribution in [0.5, 0.6) is 0 Å². The molecular weight excluding hydrogens is 338 g/mol. The quantitative estimate of drug-likeness (QED) is 0.873. The van der Waals surface area contributed by atoms with Gasteiger partial charge in [-0.05, 0) is 44.7 Å². The van der Waals surface area contributed by atoms with Crippen LogP contribution in [0.15, 0.2) is 24.3 Å². The van der Waals surface area contributed by atoms with Crippen molar-refractivity contribution in [1.82, 2.24) is 9.80 Å². The second-order valence-corrected chi connectivity index (χ2v) is 7.12. The van der Waals surface area contributed by atoms with Crippen LogP contribution in [-0.4, -0.2) is 53.8 Å². The largest absolute Gasteiger partial charge is 0.342 e. The highest BCUT2D eigenvalue weighted by Crippen LogP contribution is 2.22. The van der Waals surface area contributed by atoms with Gasteiger partial charge in [-0.2, -0.15) is 0 Å². The highest BCUT2D eigenvalue weighted by Gasteiger charge is 2.32. The van der Waals surface area contributed by atoms with E-state index in [2.05, 4.69) is 0 Å². The van der Waals surface area contributed by atoms with Crippen LogP contribution < -0.4 is 5.73 Å². The van der Waals surface area contributed by atoms with Crippen molar-refractivity contribution in [2.24, 2.45) is 11.7 Å². The fourth-order valence-electron chi connectivity index (χ4n) is 3.62. The summed E-state index contributed by atoms with van der Waals surface area (Å²) >= 11 is 0. The van der Waals surface area contributed by atoms with Gasteiger partial charge in [0.15, 0.2) is 0 Å². The number of benzene rings is 1. The van der Waals surface area contributed by atoms with Crippen LogP contribution in [0.2, 0.25) is 0 Å². The lowest BCUT2D eigenvalue weighted by molar-refractivity contribution is -0.138. The molecule has 0 aromatic heterocycles. The molecule has 0 aliphatic carbocycles. The van der Waals surface area contributed by atoms with Crippen molar-refractivity contribution in [3.05, 3.63) is 35.4 Å². The molecule has 6 heteroatoms. The molecule has 1 atom stereocenters. The van der Waals surface area contributed by atoms with E-state index in [1.165, 1.54) is 0 Å². The van der Waals surface area contributed by atoms with Crippen LogP contribution in [0.4, 0.5) is 0 Å². The van der Waals surface area contributed by atoms with Crippen LogP contribution in [0.25, 0.3) is 0 Å². The predicted molar refractivity (Wildman–Crippen MR) is 101 cm³/mol. The van der Waals surface area contributed by atoms with Gasteiger partial charge in [-0.3, -0.25) is 9.59 Å². The number of carbonyl (C=O) groups excluding carboxylic acids is 2. The molecule has 2 fully saturated rings. The minimum absolute atomic E-state index is 0. The summed E-state index contributed by atoms with van der Waals surface area (Å²) in [5.41, 5.74) is 7.77. The highest BCUT2D eigenvalue weighted by atomic mass is 35.5. The van der Waals surface area contributed by atoms with Crippen molar-refractivity contribution in [1.29, 1.82) is 0 Å². The van der Waals surface area contributed by atoms with E-state index in [-0.39, 0.29) is 36.2 Å². The first-order chi connectivity index (χ1) is 11.5. The summed E-state index contributed by atoms with van der Waals surface area (Å²) in [6, 6.07) is 7.87. The number of piperidine rings is 2. The maximum absolute atomic E-state index is 12.8. The Kier molecular flexibility index (Phi) is 6.85. The Bertz CT molecular complexity index is 597. The zero-order valence-corrected chi connectivity index (χ0v) is 15.6. The van der Waals surface area contributed by atoms with Crippen molar-refractivity contribution in [3.63, 3.8) is 0 Å². The summed E-state index contributed by atoms with van der Waals surface area (Å²) in [4.78, 5) is 29.2. The summed E-state index contributed by atoms with van der Waals surface area (Å²) in [5.74, 6) is 0.166. The smallest absolute Gasteiger partial charge is 0.253 e.